The number of hydrogen-bond donors (Lipinski definition) is 2. The molecule has 0 aliphatic rings. The lowest BCUT2D eigenvalue weighted by Crippen LogP contribution is -2.14. The third-order valence-electron chi connectivity index (χ3n) is 3.53. The number of hydrogen-bond acceptors (Lipinski definition) is 1. The molecule has 0 saturated carbocycles. The van der Waals surface area contributed by atoms with Crippen LogP contribution in [0.1, 0.15) is 11.3 Å². The largest absolute Gasteiger partial charge is 0.358 e. The van der Waals surface area contributed by atoms with E-state index in [1.165, 1.54) is 0 Å². The molecule has 112 valence electrons. The van der Waals surface area contributed by atoms with Crippen molar-refractivity contribution in [2.75, 3.05) is 5.32 Å². The summed E-state index contributed by atoms with van der Waals surface area (Å²) in [5.41, 5.74) is 3.59. The molecule has 0 atom stereocenters. The van der Waals surface area contributed by atoms with Crippen LogP contribution in [0.25, 0.3) is 10.9 Å². The molecule has 1 aromatic heterocycles. The highest BCUT2D eigenvalue weighted by Gasteiger charge is 2.13. The molecule has 1 heterocycles. The highest BCUT2D eigenvalue weighted by atomic mass is 35.5. The second-order valence-electron chi connectivity index (χ2n) is 5.15. The van der Waals surface area contributed by atoms with Gasteiger partial charge in [-0.1, -0.05) is 29.3 Å². The van der Waals surface area contributed by atoms with Gasteiger partial charge in [-0.15, -0.1) is 0 Å². The standard InChI is InChI=1S/C17H14Cl2N2O/c1-10-14(15-8-12(19)5-6-16(15)20-10)9-17(22)21-13-4-2-3-11(18)7-13/h2-8,20H,9H2,1H3,(H,21,22). The van der Waals surface area contributed by atoms with E-state index in [4.69, 9.17) is 23.2 Å². The third-order valence-corrected chi connectivity index (χ3v) is 4.00. The second kappa shape index (κ2) is 6.03. The fourth-order valence-electron chi connectivity index (χ4n) is 2.51. The highest BCUT2D eigenvalue weighted by Crippen LogP contribution is 2.26. The van der Waals surface area contributed by atoms with Crippen molar-refractivity contribution in [3.63, 3.8) is 0 Å². The van der Waals surface area contributed by atoms with Gasteiger partial charge < -0.3 is 10.3 Å². The molecule has 2 N–H and O–H groups in total. The first-order valence-electron chi connectivity index (χ1n) is 6.85. The molecular weight excluding hydrogens is 319 g/mol. The van der Waals surface area contributed by atoms with Crippen molar-refractivity contribution in [1.29, 1.82) is 0 Å². The molecule has 5 heteroatoms. The minimum atomic E-state index is -0.0914. The van der Waals surface area contributed by atoms with Crippen LogP contribution >= 0.6 is 23.2 Å². The van der Waals surface area contributed by atoms with Gasteiger partial charge in [0, 0.05) is 32.3 Å². The number of aromatic nitrogens is 1. The first-order valence-corrected chi connectivity index (χ1v) is 7.60. The molecule has 3 aromatic rings. The van der Waals surface area contributed by atoms with Crippen molar-refractivity contribution in [2.24, 2.45) is 0 Å². The second-order valence-corrected chi connectivity index (χ2v) is 6.03. The van der Waals surface area contributed by atoms with E-state index in [1.807, 2.05) is 31.2 Å². The molecule has 2 aromatic carbocycles. The number of rotatable bonds is 3. The highest BCUT2D eigenvalue weighted by molar-refractivity contribution is 6.31. The van der Waals surface area contributed by atoms with Crippen molar-refractivity contribution < 1.29 is 4.79 Å². The maximum atomic E-state index is 12.3. The Labute approximate surface area is 138 Å². The number of aromatic amines is 1. The van der Waals surface area contributed by atoms with E-state index < -0.39 is 0 Å². The summed E-state index contributed by atoms with van der Waals surface area (Å²) in [6.45, 7) is 1.95. The van der Waals surface area contributed by atoms with E-state index in [9.17, 15) is 4.79 Å². The third kappa shape index (κ3) is 3.11. The first-order chi connectivity index (χ1) is 10.5. The Kier molecular flexibility index (Phi) is 4.10. The lowest BCUT2D eigenvalue weighted by molar-refractivity contribution is -0.115. The van der Waals surface area contributed by atoms with E-state index in [0.29, 0.717) is 15.7 Å². The Hall–Kier alpha value is -1.97. The van der Waals surface area contributed by atoms with Crippen LogP contribution in [-0.2, 0) is 11.2 Å². The van der Waals surface area contributed by atoms with Gasteiger partial charge in [-0.25, -0.2) is 0 Å². The Balaban J connectivity index is 1.85. The molecule has 0 radical (unpaired) electrons. The Morgan fingerprint density at radius 1 is 1.14 bits per heavy atom. The van der Waals surface area contributed by atoms with E-state index in [-0.39, 0.29) is 12.3 Å². The summed E-state index contributed by atoms with van der Waals surface area (Å²) in [5.74, 6) is -0.0914. The molecule has 0 aliphatic carbocycles. The number of carbonyl (C=O) groups is 1. The minimum absolute atomic E-state index is 0.0914. The van der Waals surface area contributed by atoms with Crippen molar-refractivity contribution in [3.05, 3.63) is 63.8 Å². The average molecular weight is 333 g/mol. The summed E-state index contributed by atoms with van der Waals surface area (Å²) in [6.07, 6.45) is 0.276. The predicted molar refractivity (Wildman–Crippen MR) is 91.8 cm³/mol. The fourth-order valence-corrected chi connectivity index (χ4v) is 2.88. The zero-order chi connectivity index (χ0) is 15.7. The number of anilines is 1. The zero-order valence-electron chi connectivity index (χ0n) is 11.9. The maximum absolute atomic E-state index is 12.3. The Bertz CT molecular complexity index is 855. The van der Waals surface area contributed by atoms with Crippen molar-refractivity contribution in [1.82, 2.24) is 4.98 Å². The van der Waals surface area contributed by atoms with Crippen molar-refractivity contribution in [2.45, 2.75) is 13.3 Å². The van der Waals surface area contributed by atoms with Crippen LogP contribution in [0.4, 0.5) is 5.69 Å². The summed E-state index contributed by atoms with van der Waals surface area (Å²) in [4.78, 5) is 15.5. The number of benzene rings is 2. The SMILES string of the molecule is Cc1[nH]c2ccc(Cl)cc2c1CC(=O)Nc1cccc(Cl)c1. The summed E-state index contributed by atoms with van der Waals surface area (Å²) in [6, 6.07) is 12.7. The monoisotopic (exact) mass is 332 g/mol. The maximum Gasteiger partial charge on any atom is 0.228 e. The quantitative estimate of drug-likeness (QED) is 0.699. The van der Waals surface area contributed by atoms with Crippen molar-refractivity contribution >= 4 is 45.7 Å². The van der Waals surface area contributed by atoms with Gasteiger partial charge in [0.05, 0.1) is 6.42 Å². The Morgan fingerprint density at radius 3 is 2.68 bits per heavy atom. The number of fused-ring (bicyclic) bond motifs is 1. The molecule has 0 bridgehead atoms. The van der Waals surface area contributed by atoms with Gasteiger partial charge in [0.2, 0.25) is 5.91 Å². The van der Waals surface area contributed by atoms with Gasteiger partial charge in [0.1, 0.15) is 0 Å². The van der Waals surface area contributed by atoms with Crippen LogP contribution in [0.3, 0.4) is 0 Å². The number of H-pyrrole nitrogens is 1. The van der Waals surface area contributed by atoms with Crippen LogP contribution in [-0.4, -0.2) is 10.9 Å². The summed E-state index contributed by atoms with van der Waals surface area (Å²) in [7, 11) is 0. The Morgan fingerprint density at radius 2 is 1.91 bits per heavy atom. The molecular formula is C17H14Cl2N2O. The van der Waals surface area contributed by atoms with E-state index in [0.717, 1.165) is 22.2 Å². The minimum Gasteiger partial charge on any atom is -0.358 e. The summed E-state index contributed by atoms with van der Waals surface area (Å²) in [5, 5.41) is 5.08. The van der Waals surface area contributed by atoms with Crippen LogP contribution in [0.15, 0.2) is 42.5 Å². The van der Waals surface area contributed by atoms with Crippen molar-refractivity contribution in [3.8, 4) is 0 Å². The average Bonchev–Trinajstić information content (AvgIpc) is 2.75. The number of amides is 1. The number of aryl methyl sites for hydroxylation is 1. The number of nitrogens with one attached hydrogen (secondary N) is 2. The molecule has 0 fully saturated rings. The van der Waals surface area contributed by atoms with Crippen LogP contribution in [0.2, 0.25) is 10.0 Å². The topological polar surface area (TPSA) is 44.9 Å². The van der Waals surface area contributed by atoms with E-state index in [2.05, 4.69) is 10.3 Å². The molecule has 0 aliphatic heterocycles. The molecule has 3 nitrogen and oxygen atoms in total. The first kappa shape index (κ1) is 14.9. The van der Waals surface area contributed by atoms with Crippen LogP contribution < -0.4 is 5.32 Å². The van der Waals surface area contributed by atoms with E-state index in [1.54, 1.807) is 18.2 Å². The van der Waals surface area contributed by atoms with Gasteiger partial charge in [-0.3, -0.25) is 4.79 Å². The molecule has 0 saturated heterocycles. The lowest BCUT2D eigenvalue weighted by Gasteiger charge is -2.06. The fraction of sp³-hybridized carbons (Fsp3) is 0.118. The smallest absolute Gasteiger partial charge is 0.228 e. The van der Waals surface area contributed by atoms with Gasteiger partial charge in [0.25, 0.3) is 0 Å². The number of carbonyl (C=O) groups excluding carboxylic acids is 1. The van der Waals surface area contributed by atoms with Crippen LogP contribution in [0, 0.1) is 6.92 Å². The molecule has 3 rings (SSSR count). The molecule has 22 heavy (non-hydrogen) atoms. The molecule has 1 amide bonds. The lowest BCUT2D eigenvalue weighted by atomic mass is 10.1. The zero-order valence-corrected chi connectivity index (χ0v) is 13.4. The normalized spacial score (nSPS) is 10.9. The summed E-state index contributed by atoms with van der Waals surface area (Å²) < 4.78 is 0. The predicted octanol–water partition coefficient (Wildman–Crippen LogP) is 4.96. The molecule has 0 unspecified atom stereocenters. The number of halogens is 2. The van der Waals surface area contributed by atoms with Gasteiger partial charge in [-0.2, -0.15) is 0 Å². The van der Waals surface area contributed by atoms with E-state index >= 15 is 0 Å². The van der Waals surface area contributed by atoms with Crippen LogP contribution in [0.5, 0.6) is 0 Å². The van der Waals surface area contributed by atoms with Gasteiger partial charge in [-0.05, 0) is 48.9 Å². The van der Waals surface area contributed by atoms with Gasteiger partial charge >= 0.3 is 0 Å². The van der Waals surface area contributed by atoms with Gasteiger partial charge in [0.15, 0.2) is 0 Å². The summed E-state index contributed by atoms with van der Waals surface area (Å²) >= 11 is 12.0. The molecule has 0 spiro atoms.